The predicted octanol–water partition coefficient (Wildman–Crippen LogP) is 1.68. The number of aromatic nitrogens is 2. The summed E-state index contributed by atoms with van der Waals surface area (Å²) in [5.41, 5.74) is 1.90. The minimum atomic E-state index is -0.880. The Morgan fingerprint density at radius 2 is 1.83 bits per heavy atom. The molecule has 7 nitrogen and oxygen atoms in total. The first-order valence-electron chi connectivity index (χ1n) is 8.31. The van der Waals surface area contributed by atoms with Gasteiger partial charge in [-0.2, -0.15) is 0 Å². The number of para-hydroxylation sites is 2. The average molecular weight is 332 g/mol. The van der Waals surface area contributed by atoms with E-state index in [1.807, 2.05) is 47.5 Å². The van der Waals surface area contributed by atoms with Crippen molar-refractivity contribution in [2.75, 3.05) is 33.7 Å². The Balaban J connectivity index is 1.95. The number of likely N-dealkylation sites (tertiary alicyclic amines) is 1. The zero-order valence-electron chi connectivity index (χ0n) is 14.2. The third-order valence-corrected chi connectivity index (χ3v) is 4.74. The first-order valence-corrected chi connectivity index (χ1v) is 8.31. The SMILES string of the molecule is CN(C)CCn1c(=O)n(C2CCN(C(=O)O)CC2)c2ccccc21. The van der Waals surface area contributed by atoms with Crippen LogP contribution in [0.4, 0.5) is 4.79 Å². The number of amides is 1. The lowest BCUT2D eigenvalue weighted by Gasteiger charge is -2.30. The van der Waals surface area contributed by atoms with Crippen LogP contribution in [-0.2, 0) is 6.54 Å². The second kappa shape index (κ2) is 6.68. The zero-order chi connectivity index (χ0) is 17.3. The van der Waals surface area contributed by atoms with Gasteiger partial charge in [0.25, 0.3) is 0 Å². The molecule has 3 rings (SSSR count). The Morgan fingerprint density at radius 3 is 2.42 bits per heavy atom. The Bertz CT molecular complexity index is 785. The van der Waals surface area contributed by atoms with Crippen molar-refractivity contribution in [2.24, 2.45) is 0 Å². The number of hydrogen-bond donors (Lipinski definition) is 1. The summed E-state index contributed by atoms with van der Waals surface area (Å²) in [4.78, 5) is 27.6. The van der Waals surface area contributed by atoms with E-state index in [0.29, 0.717) is 32.5 Å². The number of fused-ring (bicyclic) bond motifs is 1. The molecular weight excluding hydrogens is 308 g/mol. The molecule has 2 heterocycles. The molecule has 1 aromatic heterocycles. The van der Waals surface area contributed by atoms with Gasteiger partial charge in [0.1, 0.15) is 0 Å². The molecular formula is C17H24N4O3. The maximum Gasteiger partial charge on any atom is 0.407 e. The second-order valence-electron chi connectivity index (χ2n) is 6.60. The summed E-state index contributed by atoms with van der Waals surface area (Å²) in [5.74, 6) is 0. The molecule has 0 aliphatic carbocycles. The van der Waals surface area contributed by atoms with Crippen molar-refractivity contribution in [3.8, 4) is 0 Å². The average Bonchev–Trinajstić information content (AvgIpc) is 2.84. The maximum atomic E-state index is 13.0. The number of likely N-dealkylation sites (N-methyl/N-ethyl adjacent to an activating group) is 1. The quantitative estimate of drug-likeness (QED) is 0.925. The molecule has 1 N–H and O–H groups in total. The Labute approximate surface area is 140 Å². The fourth-order valence-corrected chi connectivity index (χ4v) is 3.42. The lowest BCUT2D eigenvalue weighted by atomic mass is 10.1. The maximum absolute atomic E-state index is 13.0. The van der Waals surface area contributed by atoms with Gasteiger partial charge in [-0.3, -0.25) is 9.13 Å². The van der Waals surface area contributed by atoms with Crippen molar-refractivity contribution < 1.29 is 9.90 Å². The van der Waals surface area contributed by atoms with Crippen LogP contribution in [0, 0.1) is 0 Å². The van der Waals surface area contributed by atoms with Gasteiger partial charge in [-0.25, -0.2) is 9.59 Å². The van der Waals surface area contributed by atoms with Crippen molar-refractivity contribution >= 4 is 17.1 Å². The molecule has 0 atom stereocenters. The van der Waals surface area contributed by atoms with Gasteiger partial charge in [-0.05, 0) is 39.1 Å². The van der Waals surface area contributed by atoms with Crippen LogP contribution < -0.4 is 5.69 Å². The Hall–Kier alpha value is -2.28. The molecule has 1 aliphatic rings. The standard InChI is InChI=1S/C17H24N4O3/c1-18(2)11-12-20-14-5-3-4-6-15(14)21(16(20)22)13-7-9-19(10-8-13)17(23)24/h3-6,13H,7-12H2,1-2H3,(H,23,24). The van der Waals surface area contributed by atoms with Gasteiger partial charge in [0.2, 0.25) is 0 Å². The summed E-state index contributed by atoms with van der Waals surface area (Å²) in [6.45, 7) is 2.39. The van der Waals surface area contributed by atoms with Crippen molar-refractivity contribution in [2.45, 2.75) is 25.4 Å². The zero-order valence-corrected chi connectivity index (χ0v) is 14.2. The first-order chi connectivity index (χ1) is 11.5. The molecule has 0 spiro atoms. The van der Waals surface area contributed by atoms with Crippen LogP contribution in [-0.4, -0.2) is 63.9 Å². The lowest BCUT2D eigenvalue weighted by molar-refractivity contribution is 0.125. The lowest BCUT2D eigenvalue weighted by Crippen LogP contribution is -2.40. The highest BCUT2D eigenvalue weighted by molar-refractivity contribution is 5.76. The summed E-state index contributed by atoms with van der Waals surface area (Å²) in [6.07, 6.45) is 0.469. The fraction of sp³-hybridized carbons (Fsp3) is 0.529. The van der Waals surface area contributed by atoms with Gasteiger partial charge in [0.05, 0.1) is 11.0 Å². The molecule has 0 unspecified atom stereocenters. The summed E-state index contributed by atoms with van der Waals surface area (Å²) in [7, 11) is 3.98. The highest BCUT2D eigenvalue weighted by Crippen LogP contribution is 2.25. The molecule has 1 aliphatic heterocycles. The number of piperidine rings is 1. The van der Waals surface area contributed by atoms with Crippen LogP contribution in [0.5, 0.6) is 0 Å². The summed E-state index contributed by atoms with van der Waals surface area (Å²) < 4.78 is 3.70. The normalized spacial score (nSPS) is 16.2. The van der Waals surface area contributed by atoms with E-state index in [9.17, 15) is 9.59 Å². The van der Waals surface area contributed by atoms with Gasteiger partial charge >= 0.3 is 11.8 Å². The largest absolute Gasteiger partial charge is 0.465 e. The number of rotatable bonds is 4. The highest BCUT2D eigenvalue weighted by atomic mass is 16.4. The molecule has 1 saturated heterocycles. The monoisotopic (exact) mass is 332 g/mol. The van der Waals surface area contributed by atoms with Gasteiger partial charge in [0.15, 0.2) is 0 Å². The minimum Gasteiger partial charge on any atom is -0.465 e. The van der Waals surface area contributed by atoms with Gasteiger partial charge in [0, 0.05) is 32.2 Å². The fourth-order valence-electron chi connectivity index (χ4n) is 3.42. The summed E-state index contributed by atoms with van der Waals surface area (Å²) in [5, 5.41) is 9.10. The second-order valence-corrected chi connectivity index (χ2v) is 6.60. The van der Waals surface area contributed by atoms with Crippen LogP contribution in [0.2, 0.25) is 0 Å². The van der Waals surface area contributed by atoms with E-state index in [0.717, 1.165) is 17.6 Å². The smallest absolute Gasteiger partial charge is 0.407 e. The van der Waals surface area contributed by atoms with E-state index in [1.165, 1.54) is 4.90 Å². The molecule has 0 radical (unpaired) electrons. The Morgan fingerprint density at radius 1 is 1.21 bits per heavy atom. The van der Waals surface area contributed by atoms with Crippen LogP contribution >= 0.6 is 0 Å². The highest BCUT2D eigenvalue weighted by Gasteiger charge is 2.26. The van der Waals surface area contributed by atoms with Gasteiger partial charge < -0.3 is 14.9 Å². The van der Waals surface area contributed by atoms with Crippen LogP contribution in [0.25, 0.3) is 11.0 Å². The number of carboxylic acid groups (broad SMARTS) is 1. The van der Waals surface area contributed by atoms with E-state index < -0.39 is 6.09 Å². The van der Waals surface area contributed by atoms with Crippen LogP contribution in [0.3, 0.4) is 0 Å². The van der Waals surface area contributed by atoms with Crippen LogP contribution in [0.15, 0.2) is 29.1 Å². The number of nitrogens with zero attached hydrogens (tertiary/aromatic N) is 4. The first kappa shape index (κ1) is 16.6. The van der Waals surface area contributed by atoms with E-state index in [2.05, 4.69) is 4.90 Å². The van der Waals surface area contributed by atoms with Crippen LogP contribution in [0.1, 0.15) is 18.9 Å². The minimum absolute atomic E-state index is 0.00632. The van der Waals surface area contributed by atoms with Gasteiger partial charge in [-0.1, -0.05) is 12.1 Å². The Kier molecular flexibility index (Phi) is 4.62. The predicted molar refractivity (Wildman–Crippen MR) is 92.6 cm³/mol. The van der Waals surface area contributed by atoms with Gasteiger partial charge in [-0.15, -0.1) is 0 Å². The van der Waals surface area contributed by atoms with E-state index >= 15 is 0 Å². The molecule has 1 amide bonds. The molecule has 0 bridgehead atoms. The molecule has 24 heavy (non-hydrogen) atoms. The summed E-state index contributed by atoms with van der Waals surface area (Å²) >= 11 is 0. The number of carbonyl (C=O) groups is 1. The van der Waals surface area contributed by atoms with Crippen molar-refractivity contribution in [1.29, 1.82) is 0 Å². The molecule has 1 fully saturated rings. The van der Waals surface area contributed by atoms with E-state index in [1.54, 1.807) is 0 Å². The van der Waals surface area contributed by atoms with Crippen molar-refractivity contribution in [1.82, 2.24) is 18.9 Å². The number of imidazole rings is 1. The van der Waals surface area contributed by atoms with E-state index in [-0.39, 0.29) is 11.7 Å². The topological polar surface area (TPSA) is 70.7 Å². The molecule has 1 aromatic carbocycles. The molecule has 2 aromatic rings. The van der Waals surface area contributed by atoms with E-state index in [4.69, 9.17) is 5.11 Å². The molecule has 0 saturated carbocycles. The third kappa shape index (κ3) is 3.03. The molecule has 7 heteroatoms. The number of benzene rings is 1. The van der Waals surface area contributed by atoms with Crippen molar-refractivity contribution in [3.63, 3.8) is 0 Å². The number of hydrogen-bond acceptors (Lipinski definition) is 3. The summed E-state index contributed by atoms with van der Waals surface area (Å²) in [6, 6.07) is 7.91. The van der Waals surface area contributed by atoms with Crippen molar-refractivity contribution in [3.05, 3.63) is 34.7 Å². The molecule has 130 valence electrons. The third-order valence-electron chi connectivity index (χ3n) is 4.74.